The lowest BCUT2D eigenvalue weighted by Crippen LogP contribution is -2.27. The number of anilines is 1. The van der Waals surface area contributed by atoms with Gasteiger partial charge in [0.15, 0.2) is 5.76 Å². The van der Waals surface area contributed by atoms with E-state index in [0.717, 1.165) is 12.2 Å². The first-order valence-electron chi connectivity index (χ1n) is 8.07. The van der Waals surface area contributed by atoms with Crippen molar-refractivity contribution in [2.24, 2.45) is 0 Å². The van der Waals surface area contributed by atoms with Gasteiger partial charge in [0.25, 0.3) is 11.1 Å². The molecule has 0 bridgehead atoms. The molecule has 0 saturated carbocycles. The lowest BCUT2D eigenvalue weighted by Gasteiger charge is -2.29. The van der Waals surface area contributed by atoms with E-state index in [1.54, 1.807) is 6.08 Å². The maximum absolute atomic E-state index is 12.2. The average Bonchev–Trinajstić information content (AvgIpc) is 2.85. The van der Waals surface area contributed by atoms with E-state index >= 15 is 0 Å². The Labute approximate surface area is 147 Å². The zero-order valence-corrected chi connectivity index (χ0v) is 14.9. The summed E-state index contributed by atoms with van der Waals surface area (Å²) in [6, 6.07) is 6.41. The summed E-state index contributed by atoms with van der Waals surface area (Å²) < 4.78 is 5.40. The fraction of sp³-hybridized carbons (Fsp3) is 0.263. The molecule has 0 spiro atoms. The van der Waals surface area contributed by atoms with Crippen molar-refractivity contribution in [2.75, 3.05) is 18.0 Å². The molecule has 1 aromatic rings. The van der Waals surface area contributed by atoms with E-state index in [0.29, 0.717) is 6.54 Å². The highest BCUT2D eigenvalue weighted by molar-refractivity contribution is 7.80. The van der Waals surface area contributed by atoms with Gasteiger partial charge in [0.05, 0.1) is 0 Å². The second-order valence-corrected chi connectivity index (χ2v) is 6.03. The van der Waals surface area contributed by atoms with Crippen LogP contribution in [0.4, 0.5) is 5.69 Å². The fourth-order valence-electron chi connectivity index (χ4n) is 2.90. The highest BCUT2D eigenvalue weighted by atomic mass is 32.1. The smallest absolute Gasteiger partial charge is 0.297 e. The molecular formula is C19H20N2O2S. The molecule has 0 aliphatic carbocycles. The zero-order valence-electron chi connectivity index (χ0n) is 14.1. The first-order chi connectivity index (χ1) is 11.5. The fourth-order valence-corrected chi connectivity index (χ4v) is 3.21. The Kier molecular flexibility index (Phi) is 4.53. The van der Waals surface area contributed by atoms with E-state index in [1.807, 2.05) is 13.0 Å². The molecule has 24 heavy (non-hydrogen) atoms. The summed E-state index contributed by atoms with van der Waals surface area (Å²) >= 11 is 5.07. The van der Waals surface area contributed by atoms with Crippen LogP contribution < -0.4 is 4.90 Å². The number of allylic oxidation sites excluding steroid dienone is 3. The minimum Gasteiger partial charge on any atom is -0.426 e. The van der Waals surface area contributed by atoms with Gasteiger partial charge >= 0.3 is 0 Å². The Balaban J connectivity index is 1.92. The maximum Gasteiger partial charge on any atom is 0.297 e. The Morgan fingerprint density at radius 3 is 2.54 bits per heavy atom. The predicted octanol–water partition coefficient (Wildman–Crippen LogP) is 3.78. The van der Waals surface area contributed by atoms with E-state index in [1.165, 1.54) is 21.7 Å². The van der Waals surface area contributed by atoms with Gasteiger partial charge in [-0.15, -0.1) is 0 Å². The molecule has 0 unspecified atom stereocenters. The molecule has 0 aromatic heterocycles. The quantitative estimate of drug-likeness (QED) is 0.619. The number of fused-ring (bicyclic) bond motifs is 1. The number of likely N-dealkylation sites (N-methyl/N-ethyl adjacent to an activating group) is 2. The number of ether oxygens (including phenoxy) is 1. The molecule has 0 N–H and O–H groups in total. The van der Waals surface area contributed by atoms with Crippen molar-refractivity contribution in [1.82, 2.24) is 4.90 Å². The number of benzene rings is 1. The third kappa shape index (κ3) is 2.87. The van der Waals surface area contributed by atoms with Gasteiger partial charge in [0.1, 0.15) is 0 Å². The standard InChI is InChI=1S/C19H20N2O2S/c1-4-20-15(8-7-14-12-13(3)6-10-16(14)20)9-11-17-18(22)21(5-2)19(24)23-17/h6-12H,4-5H2,1-3H3/b15-9-,17-11-. The molecule has 0 atom stereocenters. The van der Waals surface area contributed by atoms with E-state index in [4.69, 9.17) is 17.0 Å². The second kappa shape index (κ2) is 6.61. The lowest BCUT2D eigenvalue weighted by atomic mass is 10.0. The molecule has 4 nitrogen and oxygen atoms in total. The Hall–Kier alpha value is -2.40. The third-order valence-electron chi connectivity index (χ3n) is 4.13. The van der Waals surface area contributed by atoms with E-state index in [2.05, 4.69) is 49.1 Å². The van der Waals surface area contributed by atoms with Gasteiger partial charge in [0, 0.05) is 24.5 Å². The van der Waals surface area contributed by atoms with Crippen LogP contribution in [0.15, 0.2) is 47.9 Å². The number of carbonyl (C=O) groups is 1. The zero-order chi connectivity index (χ0) is 17.3. The number of thiocarbonyl (C=S) groups is 1. The summed E-state index contributed by atoms with van der Waals surface area (Å²) in [5.74, 6) is 0.0896. The maximum atomic E-state index is 12.2. The van der Waals surface area contributed by atoms with Crippen LogP contribution >= 0.6 is 12.2 Å². The van der Waals surface area contributed by atoms with Crippen molar-refractivity contribution in [3.63, 3.8) is 0 Å². The van der Waals surface area contributed by atoms with Crippen LogP contribution in [-0.4, -0.2) is 29.1 Å². The number of carbonyl (C=O) groups excluding carboxylic acids is 1. The summed E-state index contributed by atoms with van der Waals surface area (Å²) in [7, 11) is 0. The summed E-state index contributed by atoms with van der Waals surface area (Å²) in [6.45, 7) is 7.42. The predicted molar refractivity (Wildman–Crippen MR) is 100 cm³/mol. The summed E-state index contributed by atoms with van der Waals surface area (Å²) in [4.78, 5) is 15.9. The molecular weight excluding hydrogens is 320 g/mol. The molecule has 0 radical (unpaired) electrons. The monoisotopic (exact) mass is 340 g/mol. The Morgan fingerprint density at radius 1 is 1.12 bits per heavy atom. The molecule has 1 amide bonds. The summed E-state index contributed by atoms with van der Waals surface area (Å²) in [5, 5.41) is 0.222. The Morgan fingerprint density at radius 2 is 1.88 bits per heavy atom. The van der Waals surface area contributed by atoms with Crippen molar-refractivity contribution in [3.05, 3.63) is 59.0 Å². The van der Waals surface area contributed by atoms with Crippen LogP contribution in [0.25, 0.3) is 6.08 Å². The lowest BCUT2D eigenvalue weighted by molar-refractivity contribution is -0.122. The van der Waals surface area contributed by atoms with Crippen LogP contribution in [0.3, 0.4) is 0 Å². The highest BCUT2D eigenvalue weighted by Gasteiger charge is 2.31. The van der Waals surface area contributed by atoms with Gasteiger partial charge in [-0.05, 0) is 68.9 Å². The van der Waals surface area contributed by atoms with Gasteiger partial charge in [0.2, 0.25) is 0 Å². The van der Waals surface area contributed by atoms with Gasteiger partial charge in [-0.3, -0.25) is 9.69 Å². The first-order valence-corrected chi connectivity index (χ1v) is 8.48. The van der Waals surface area contributed by atoms with Gasteiger partial charge in [-0.25, -0.2) is 0 Å². The first kappa shape index (κ1) is 16.5. The number of amides is 1. The average molecular weight is 340 g/mol. The van der Waals surface area contributed by atoms with Crippen LogP contribution in [0.5, 0.6) is 0 Å². The summed E-state index contributed by atoms with van der Waals surface area (Å²) in [5.41, 5.74) is 4.62. The molecule has 2 aliphatic rings. The number of hydrogen-bond donors (Lipinski definition) is 0. The van der Waals surface area contributed by atoms with Crippen LogP contribution in [-0.2, 0) is 9.53 Å². The third-order valence-corrected chi connectivity index (χ3v) is 4.43. The van der Waals surface area contributed by atoms with E-state index in [9.17, 15) is 4.79 Å². The SMILES string of the molecule is CCN1C(=O)/C(=C/C=C2/C=Cc3cc(C)ccc3N2CC)OC1=S. The minimum absolute atomic E-state index is 0.182. The molecule has 1 saturated heterocycles. The van der Waals surface area contributed by atoms with Gasteiger partial charge in [-0.2, -0.15) is 0 Å². The summed E-state index contributed by atoms with van der Waals surface area (Å²) in [6.07, 6.45) is 7.75. The molecule has 1 fully saturated rings. The molecule has 3 rings (SSSR count). The van der Waals surface area contributed by atoms with Gasteiger partial charge < -0.3 is 9.64 Å². The second-order valence-electron chi connectivity index (χ2n) is 5.68. The molecule has 2 heterocycles. The van der Waals surface area contributed by atoms with Crippen LogP contribution in [0, 0.1) is 6.92 Å². The topological polar surface area (TPSA) is 32.8 Å². The number of nitrogens with zero attached hydrogens (tertiary/aromatic N) is 2. The van der Waals surface area contributed by atoms with E-state index < -0.39 is 0 Å². The van der Waals surface area contributed by atoms with Crippen LogP contribution in [0.2, 0.25) is 0 Å². The van der Waals surface area contributed by atoms with Crippen LogP contribution in [0.1, 0.15) is 25.0 Å². The molecule has 124 valence electrons. The number of hydrogen-bond acceptors (Lipinski definition) is 4. The van der Waals surface area contributed by atoms with Crippen molar-refractivity contribution < 1.29 is 9.53 Å². The largest absolute Gasteiger partial charge is 0.426 e. The molecule has 1 aromatic carbocycles. The normalized spacial score (nSPS) is 20.1. The molecule has 2 aliphatic heterocycles. The van der Waals surface area contributed by atoms with Crippen molar-refractivity contribution in [1.29, 1.82) is 0 Å². The highest BCUT2D eigenvalue weighted by Crippen LogP contribution is 2.31. The van der Waals surface area contributed by atoms with Crippen molar-refractivity contribution in [3.8, 4) is 0 Å². The van der Waals surface area contributed by atoms with Crippen molar-refractivity contribution in [2.45, 2.75) is 20.8 Å². The van der Waals surface area contributed by atoms with E-state index in [-0.39, 0.29) is 16.8 Å². The molecule has 5 heteroatoms. The Bertz CT molecular complexity index is 793. The van der Waals surface area contributed by atoms with Gasteiger partial charge in [-0.1, -0.05) is 17.7 Å². The van der Waals surface area contributed by atoms with Crippen molar-refractivity contribution >= 4 is 35.1 Å². The minimum atomic E-state index is -0.182. The number of rotatable bonds is 3. The number of aryl methyl sites for hydroxylation is 1.